The number of hydrogen-bond acceptors (Lipinski definition) is 2. The van der Waals surface area contributed by atoms with Crippen molar-refractivity contribution in [3.8, 4) is 0 Å². The number of rotatable bonds is 2. The zero-order valence-corrected chi connectivity index (χ0v) is 8.21. The second-order valence-electron chi connectivity index (χ2n) is 3.11. The van der Waals surface area contributed by atoms with Gasteiger partial charge in [0.05, 0.1) is 12.2 Å². The average molecular weight is 207 g/mol. The Bertz CT molecular complexity index is 504. The molecule has 0 aliphatic carbocycles. The zero-order chi connectivity index (χ0) is 10.8. The second kappa shape index (κ2) is 3.73. The molecule has 15 heavy (non-hydrogen) atoms. The largest absolute Gasteiger partial charge is 0.462 e. The molecule has 4 heteroatoms. The van der Waals surface area contributed by atoms with Gasteiger partial charge in [0.1, 0.15) is 5.82 Å². The Morgan fingerprint density at radius 2 is 2.33 bits per heavy atom. The Balaban J connectivity index is 2.52. The highest BCUT2D eigenvalue weighted by Gasteiger charge is 2.12. The molecule has 0 fully saturated rings. The summed E-state index contributed by atoms with van der Waals surface area (Å²) >= 11 is 0. The Hall–Kier alpha value is -1.84. The molecule has 0 saturated heterocycles. The molecule has 0 saturated carbocycles. The van der Waals surface area contributed by atoms with E-state index in [9.17, 15) is 9.18 Å². The molecule has 1 heterocycles. The van der Waals surface area contributed by atoms with Crippen molar-refractivity contribution in [1.29, 1.82) is 0 Å². The first-order valence-electron chi connectivity index (χ1n) is 4.66. The summed E-state index contributed by atoms with van der Waals surface area (Å²) in [4.78, 5) is 14.4. The number of aromatic amines is 1. The van der Waals surface area contributed by atoms with Gasteiger partial charge >= 0.3 is 5.97 Å². The fraction of sp³-hybridized carbons (Fsp3) is 0.182. The number of carbonyl (C=O) groups excluding carboxylic acids is 1. The van der Waals surface area contributed by atoms with E-state index < -0.39 is 5.97 Å². The number of carbonyl (C=O) groups is 1. The van der Waals surface area contributed by atoms with Gasteiger partial charge in [-0.3, -0.25) is 0 Å². The van der Waals surface area contributed by atoms with E-state index in [1.807, 2.05) is 0 Å². The maximum absolute atomic E-state index is 13.0. The van der Waals surface area contributed by atoms with Crippen LogP contribution in [0.25, 0.3) is 10.9 Å². The molecule has 1 aromatic heterocycles. The Kier molecular flexibility index (Phi) is 2.41. The van der Waals surface area contributed by atoms with Crippen LogP contribution >= 0.6 is 0 Å². The van der Waals surface area contributed by atoms with Crippen LogP contribution in [0.1, 0.15) is 17.3 Å². The minimum Gasteiger partial charge on any atom is -0.462 e. The van der Waals surface area contributed by atoms with E-state index >= 15 is 0 Å². The van der Waals surface area contributed by atoms with E-state index in [4.69, 9.17) is 4.74 Å². The van der Waals surface area contributed by atoms with Crippen LogP contribution in [0.15, 0.2) is 24.4 Å². The lowest BCUT2D eigenvalue weighted by atomic mass is 10.2. The lowest BCUT2D eigenvalue weighted by Crippen LogP contribution is -2.03. The highest BCUT2D eigenvalue weighted by Crippen LogP contribution is 2.19. The molecule has 0 bridgehead atoms. The molecule has 0 aliphatic rings. The summed E-state index contributed by atoms with van der Waals surface area (Å²) in [6.07, 6.45) is 1.53. The standard InChI is InChI=1S/C11H10FNO2/c1-2-15-11(14)9-6-13-10-4-3-7(12)5-8(9)10/h3-6,13H,2H2,1H3. The van der Waals surface area contributed by atoms with Crippen molar-refractivity contribution in [3.63, 3.8) is 0 Å². The molecule has 3 nitrogen and oxygen atoms in total. The summed E-state index contributed by atoms with van der Waals surface area (Å²) in [5.41, 5.74) is 1.09. The first-order valence-corrected chi connectivity index (χ1v) is 4.66. The van der Waals surface area contributed by atoms with Gasteiger partial charge in [0, 0.05) is 17.1 Å². The molecule has 1 N–H and O–H groups in total. The summed E-state index contributed by atoms with van der Waals surface area (Å²) in [5.74, 6) is -0.804. The molecule has 0 radical (unpaired) electrons. The van der Waals surface area contributed by atoms with Crippen LogP contribution < -0.4 is 0 Å². The van der Waals surface area contributed by atoms with Gasteiger partial charge in [-0.15, -0.1) is 0 Å². The van der Waals surface area contributed by atoms with E-state index in [0.29, 0.717) is 17.6 Å². The first kappa shape index (κ1) is 9.71. The molecule has 1 aromatic carbocycles. The number of ether oxygens (including phenoxy) is 1. The third kappa shape index (κ3) is 1.70. The number of benzene rings is 1. The van der Waals surface area contributed by atoms with Gasteiger partial charge in [-0.2, -0.15) is 0 Å². The smallest absolute Gasteiger partial charge is 0.340 e. The third-order valence-corrected chi connectivity index (χ3v) is 2.14. The van der Waals surface area contributed by atoms with Crippen LogP contribution in [0.2, 0.25) is 0 Å². The van der Waals surface area contributed by atoms with Crippen molar-refractivity contribution in [2.75, 3.05) is 6.61 Å². The van der Waals surface area contributed by atoms with Crippen LogP contribution in [0.3, 0.4) is 0 Å². The van der Waals surface area contributed by atoms with Crippen molar-refractivity contribution < 1.29 is 13.9 Å². The van der Waals surface area contributed by atoms with E-state index in [0.717, 1.165) is 5.52 Å². The Morgan fingerprint density at radius 3 is 3.07 bits per heavy atom. The van der Waals surface area contributed by atoms with Crippen molar-refractivity contribution >= 4 is 16.9 Å². The fourth-order valence-corrected chi connectivity index (χ4v) is 1.47. The van der Waals surface area contributed by atoms with Crippen molar-refractivity contribution in [2.45, 2.75) is 6.92 Å². The fourth-order valence-electron chi connectivity index (χ4n) is 1.47. The highest BCUT2D eigenvalue weighted by molar-refractivity contribution is 6.04. The van der Waals surface area contributed by atoms with Crippen LogP contribution in [0.5, 0.6) is 0 Å². The SMILES string of the molecule is CCOC(=O)c1c[nH]c2ccc(F)cc12. The lowest BCUT2D eigenvalue weighted by molar-refractivity contribution is 0.0529. The molecule has 78 valence electrons. The van der Waals surface area contributed by atoms with Crippen LogP contribution in [0.4, 0.5) is 4.39 Å². The van der Waals surface area contributed by atoms with Gasteiger partial charge < -0.3 is 9.72 Å². The summed E-state index contributed by atoms with van der Waals surface area (Å²) in [7, 11) is 0. The van der Waals surface area contributed by atoms with Crippen molar-refractivity contribution in [3.05, 3.63) is 35.8 Å². The normalized spacial score (nSPS) is 10.5. The predicted octanol–water partition coefficient (Wildman–Crippen LogP) is 2.48. The third-order valence-electron chi connectivity index (χ3n) is 2.14. The molecular weight excluding hydrogens is 197 g/mol. The number of hydrogen-bond donors (Lipinski definition) is 1. The van der Waals surface area contributed by atoms with Crippen molar-refractivity contribution in [2.24, 2.45) is 0 Å². The van der Waals surface area contributed by atoms with E-state index in [2.05, 4.69) is 4.98 Å². The molecule has 0 spiro atoms. The van der Waals surface area contributed by atoms with Gasteiger partial charge in [-0.05, 0) is 25.1 Å². The molecule has 2 rings (SSSR count). The van der Waals surface area contributed by atoms with Crippen LogP contribution in [-0.4, -0.2) is 17.6 Å². The summed E-state index contributed by atoms with van der Waals surface area (Å²) in [5, 5.41) is 0.549. The van der Waals surface area contributed by atoms with Gasteiger partial charge in [0.15, 0.2) is 0 Å². The second-order valence-corrected chi connectivity index (χ2v) is 3.11. The van der Waals surface area contributed by atoms with Gasteiger partial charge in [0.25, 0.3) is 0 Å². The molecule has 0 atom stereocenters. The number of halogens is 1. The van der Waals surface area contributed by atoms with Crippen LogP contribution in [-0.2, 0) is 4.74 Å². The van der Waals surface area contributed by atoms with E-state index in [1.165, 1.54) is 18.3 Å². The topological polar surface area (TPSA) is 42.1 Å². The Labute approximate surface area is 85.9 Å². The molecule has 0 aliphatic heterocycles. The molecule has 2 aromatic rings. The predicted molar refractivity (Wildman–Crippen MR) is 54.2 cm³/mol. The lowest BCUT2D eigenvalue weighted by Gasteiger charge is -1.99. The van der Waals surface area contributed by atoms with Crippen LogP contribution in [0, 0.1) is 5.82 Å². The number of aromatic nitrogens is 1. The van der Waals surface area contributed by atoms with Crippen molar-refractivity contribution in [1.82, 2.24) is 4.98 Å². The molecule has 0 amide bonds. The average Bonchev–Trinajstić information content (AvgIpc) is 2.60. The Morgan fingerprint density at radius 1 is 1.53 bits per heavy atom. The number of fused-ring (bicyclic) bond motifs is 1. The van der Waals surface area contributed by atoms with Gasteiger partial charge in [0.2, 0.25) is 0 Å². The minimum absolute atomic E-state index is 0.306. The quantitative estimate of drug-likeness (QED) is 0.768. The molecule has 0 unspecified atom stereocenters. The summed E-state index contributed by atoms with van der Waals surface area (Å²) < 4.78 is 17.8. The van der Waals surface area contributed by atoms with E-state index in [-0.39, 0.29) is 5.82 Å². The monoisotopic (exact) mass is 207 g/mol. The number of H-pyrrole nitrogens is 1. The summed E-state index contributed by atoms with van der Waals surface area (Å²) in [6, 6.07) is 4.25. The highest BCUT2D eigenvalue weighted by atomic mass is 19.1. The maximum Gasteiger partial charge on any atom is 0.340 e. The minimum atomic E-state index is -0.436. The van der Waals surface area contributed by atoms with E-state index in [1.54, 1.807) is 13.0 Å². The van der Waals surface area contributed by atoms with Gasteiger partial charge in [-0.25, -0.2) is 9.18 Å². The zero-order valence-electron chi connectivity index (χ0n) is 8.21. The summed E-state index contributed by atoms with van der Waals surface area (Å²) in [6.45, 7) is 2.04. The van der Waals surface area contributed by atoms with Gasteiger partial charge in [-0.1, -0.05) is 0 Å². The number of esters is 1. The maximum atomic E-state index is 13.0. The molecular formula is C11H10FNO2. The number of nitrogens with one attached hydrogen (secondary N) is 1. The first-order chi connectivity index (χ1) is 7.22.